The molecular formula is C20H23N3O5. The second-order valence-corrected chi connectivity index (χ2v) is 6.58. The molecule has 0 saturated carbocycles. The number of aliphatic carboxylic acids is 1. The molecule has 2 amide bonds. The van der Waals surface area contributed by atoms with E-state index in [0.717, 1.165) is 5.56 Å². The minimum atomic E-state index is -0.939. The maximum Gasteiger partial charge on any atom is 0.319 e. The quantitative estimate of drug-likeness (QED) is 0.471. The van der Waals surface area contributed by atoms with Crippen LogP contribution in [0.15, 0.2) is 42.5 Å². The third kappa shape index (κ3) is 5.80. The lowest BCUT2D eigenvalue weighted by molar-refractivity contribution is -0.385. The number of hydrogen-bond donors (Lipinski definition) is 3. The van der Waals surface area contributed by atoms with E-state index in [0.29, 0.717) is 23.2 Å². The number of nitro groups is 1. The van der Waals surface area contributed by atoms with Crippen LogP contribution in [0.3, 0.4) is 0 Å². The van der Waals surface area contributed by atoms with Gasteiger partial charge >= 0.3 is 12.0 Å². The van der Waals surface area contributed by atoms with Crippen LogP contribution >= 0.6 is 0 Å². The van der Waals surface area contributed by atoms with E-state index in [9.17, 15) is 19.7 Å². The number of carboxylic acid groups (broad SMARTS) is 1. The zero-order chi connectivity index (χ0) is 20.7. The van der Waals surface area contributed by atoms with Gasteiger partial charge in [0.2, 0.25) is 0 Å². The number of hydrogen-bond acceptors (Lipinski definition) is 4. The summed E-state index contributed by atoms with van der Waals surface area (Å²) in [6.45, 7) is 3.32. The molecule has 2 aromatic carbocycles. The maximum absolute atomic E-state index is 12.5. The molecule has 1 unspecified atom stereocenters. The van der Waals surface area contributed by atoms with Crippen LogP contribution in [0.5, 0.6) is 0 Å². The highest BCUT2D eigenvalue weighted by atomic mass is 16.6. The number of nitrogens with one attached hydrogen (secondary N) is 2. The number of aryl methyl sites for hydroxylation is 1. The third-order valence-electron chi connectivity index (χ3n) is 4.45. The molecule has 8 heteroatoms. The van der Waals surface area contributed by atoms with E-state index in [-0.39, 0.29) is 18.5 Å². The summed E-state index contributed by atoms with van der Waals surface area (Å²) in [7, 11) is 0. The number of anilines is 1. The van der Waals surface area contributed by atoms with Gasteiger partial charge in [0.15, 0.2) is 0 Å². The zero-order valence-corrected chi connectivity index (χ0v) is 15.8. The SMILES string of the molecule is Cc1ccc([N+](=O)[O-])c(C)c1NC(=O)NC(CCC(=O)O)Cc1ccccc1. The molecule has 0 aliphatic carbocycles. The van der Waals surface area contributed by atoms with Crippen molar-refractivity contribution in [2.75, 3.05) is 5.32 Å². The van der Waals surface area contributed by atoms with Crippen LogP contribution in [-0.2, 0) is 11.2 Å². The van der Waals surface area contributed by atoms with Crippen LogP contribution in [0.1, 0.15) is 29.5 Å². The number of urea groups is 1. The number of carbonyl (C=O) groups is 2. The molecule has 8 nitrogen and oxygen atoms in total. The molecule has 148 valence electrons. The lowest BCUT2D eigenvalue weighted by Gasteiger charge is -2.20. The molecule has 1 atom stereocenters. The molecule has 0 aliphatic rings. The van der Waals surface area contributed by atoms with Crippen molar-refractivity contribution in [3.8, 4) is 0 Å². The molecule has 0 aromatic heterocycles. The summed E-state index contributed by atoms with van der Waals surface area (Å²) >= 11 is 0. The summed E-state index contributed by atoms with van der Waals surface area (Å²) < 4.78 is 0. The molecule has 0 spiro atoms. The molecule has 0 fully saturated rings. The zero-order valence-electron chi connectivity index (χ0n) is 15.8. The van der Waals surface area contributed by atoms with Crippen LogP contribution in [-0.4, -0.2) is 28.1 Å². The van der Waals surface area contributed by atoms with Crippen molar-refractivity contribution < 1.29 is 19.6 Å². The Morgan fingerprint density at radius 3 is 2.43 bits per heavy atom. The fraction of sp³-hybridized carbons (Fsp3) is 0.300. The van der Waals surface area contributed by atoms with Gasteiger partial charge in [-0.05, 0) is 37.8 Å². The number of nitrogens with zero attached hydrogens (tertiary/aromatic N) is 1. The summed E-state index contributed by atoms with van der Waals surface area (Å²) in [5, 5.41) is 25.5. The first kappa shape index (κ1) is 20.9. The predicted octanol–water partition coefficient (Wildman–Crippen LogP) is 3.81. The summed E-state index contributed by atoms with van der Waals surface area (Å²) in [5.74, 6) is -0.939. The predicted molar refractivity (Wildman–Crippen MR) is 106 cm³/mol. The summed E-state index contributed by atoms with van der Waals surface area (Å²) in [4.78, 5) is 34.1. The van der Waals surface area contributed by atoms with Gasteiger partial charge in [-0.15, -0.1) is 0 Å². The van der Waals surface area contributed by atoms with E-state index in [1.165, 1.54) is 6.07 Å². The highest BCUT2D eigenvalue weighted by Crippen LogP contribution is 2.28. The van der Waals surface area contributed by atoms with Crippen molar-refractivity contribution in [1.82, 2.24) is 5.32 Å². The van der Waals surface area contributed by atoms with Crippen LogP contribution in [0.4, 0.5) is 16.2 Å². The van der Waals surface area contributed by atoms with E-state index >= 15 is 0 Å². The van der Waals surface area contributed by atoms with Gasteiger partial charge in [0.1, 0.15) is 0 Å². The second-order valence-electron chi connectivity index (χ2n) is 6.58. The molecular weight excluding hydrogens is 362 g/mol. The molecule has 0 aliphatic heterocycles. The maximum atomic E-state index is 12.5. The average Bonchev–Trinajstić information content (AvgIpc) is 2.63. The summed E-state index contributed by atoms with van der Waals surface area (Å²) in [5.41, 5.74) is 2.34. The third-order valence-corrected chi connectivity index (χ3v) is 4.45. The largest absolute Gasteiger partial charge is 0.481 e. The standard InChI is InChI=1S/C20H23N3O5/c1-13-8-10-17(23(27)28)14(2)19(13)22-20(26)21-16(9-11-18(24)25)12-15-6-4-3-5-7-15/h3-8,10,16H,9,11-12H2,1-2H3,(H,24,25)(H2,21,22,26). The van der Waals surface area contributed by atoms with Gasteiger partial charge in [0.25, 0.3) is 5.69 Å². The van der Waals surface area contributed by atoms with Crippen LogP contribution in [0.25, 0.3) is 0 Å². The fourth-order valence-electron chi connectivity index (χ4n) is 2.98. The molecule has 28 heavy (non-hydrogen) atoms. The summed E-state index contributed by atoms with van der Waals surface area (Å²) in [6.07, 6.45) is 0.672. The van der Waals surface area contributed by atoms with E-state index in [1.807, 2.05) is 30.3 Å². The number of carboxylic acids is 1. The number of amides is 2. The van der Waals surface area contributed by atoms with Crippen LogP contribution in [0, 0.1) is 24.0 Å². The van der Waals surface area contributed by atoms with Crippen LogP contribution in [0.2, 0.25) is 0 Å². The Kier molecular flexibility index (Phi) is 7.08. The fourth-order valence-corrected chi connectivity index (χ4v) is 2.98. The normalized spacial score (nSPS) is 11.5. The molecule has 3 N–H and O–H groups in total. The lowest BCUT2D eigenvalue weighted by atomic mass is 10.0. The Balaban J connectivity index is 2.13. The highest BCUT2D eigenvalue weighted by Gasteiger charge is 2.19. The van der Waals surface area contributed by atoms with Crippen molar-refractivity contribution in [3.63, 3.8) is 0 Å². The molecule has 0 bridgehead atoms. The van der Waals surface area contributed by atoms with Crippen molar-refractivity contribution in [3.05, 3.63) is 69.3 Å². The van der Waals surface area contributed by atoms with Crippen molar-refractivity contribution >= 4 is 23.4 Å². The van der Waals surface area contributed by atoms with Gasteiger partial charge in [-0.25, -0.2) is 4.79 Å². The average molecular weight is 385 g/mol. The number of nitro benzene ring substituents is 1. The first-order valence-corrected chi connectivity index (χ1v) is 8.85. The molecule has 0 saturated heterocycles. The minimum Gasteiger partial charge on any atom is -0.481 e. The van der Waals surface area contributed by atoms with Gasteiger partial charge in [0, 0.05) is 18.5 Å². The topological polar surface area (TPSA) is 122 Å². The van der Waals surface area contributed by atoms with E-state index < -0.39 is 23.0 Å². The van der Waals surface area contributed by atoms with Crippen molar-refractivity contribution in [2.45, 2.75) is 39.2 Å². The monoisotopic (exact) mass is 385 g/mol. The van der Waals surface area contributed by atoms with Crippen molar-refractivity contribution in [2.24, 2.45) is 0 Å². The Labute approximate surface area is 162 Å². The molecule has 2 rings (SSSR count). The van der Waals surface area contributed by atoms with Gasteiger partial charge in [0.05, 0.1) is 16.2 Å². The Bertz CT molecular complexity index is 868. The Hall–Kier alpha value is -3.42. The molecule has 0 radical (unpaired) electrons. The van der Waals surface area contributed by atoms with E-state index in [4.69, 9.17) is 5.11 Å². The number of rotatable bonds is 8. The van der Waals surface area contributed by atoms with Gasteiger partial charge in [-0.3, -0.25) is 14.9 Å². The van der Waals surface area contributed by atoms with Gasteiger partial charge in [-0.1, -0.05) is 36.4 Å². The first-order chi connectivity index (χ1) is 13.3. The second kappa shape index (κ2) is 9.50. The van der Waals surface area contributed by atoms with Crippen molar-refractivity contribution in [1.29, 1.82) is 0 Å². The number of carbonyl (C=O) groups excluding carboxylic acids is 1. The van der Waals surface area contributed by atoms with E-state index in [1.54, 1.807) is 19.9 Å². The van der Waals surface area contributed by atoms with Gasteiger partial charge < -0.3 is 15.7 Å². The smallest absolute Gasteiger partial charge is 0.319 e. The molecule has 0 heterocycles. The van der Waals surface area contributed by atoms with E-state index in [2.05, 4.69) is 10.6 Å². The van der Waals surface area contributed by atoms with Crippen LogP contribution < -0.4 is 10.6 Å². The summed E-state index contributed by atoms with van der Waals surface area (Å²) in [6, 6.07) is 11.5. The van der Waals surface area contributed by atoms with Gasteiger partial charge in [-0.2, -0.15) is 0 Å². The molecule has 2 aromatic rings. The first-order valence-electron chi connectivity index (χ1n) is 8.85. The highest BCUT2D eigenvalue weighted by molar-refractivity contribution is 5.92. The number of benzene rings is 2. The lowest BCUT2D eigenvalue weighted by Crippen LogP contribution is -2.40. The Morgan fingerprint density at radius 1 is 1.14 bits per heavy atom. The minimum absolute atomic E-state index is 0.0763. The Morgan fingerprint density at radius 2 is 1.82 bits per heavy atom.